The molecule has 0 aliphatic heterocycles. The third-order valence-corrected chi connectivity index (χ3v) is 6.26. The SMILES string of the molecule is CCCCNc1nnc(SCC(=O)N[C@H]2CCCc3ccccc32)s1. The maximum Gasteiger partial charge on any atom is 0.230 e. The lowest BCUT2D eigenvalue weighted by Gasteiger charge is -2.26. The molecule has 0 saturated heterocycles. The van der Waals surface area contributed by atoms with Gasteiger partial charge in [0.25, 0.3) is 0 Å². The molecule has 1 aromatic heterocycles. The average molecular weight is 377 g/mol. The van der Waals surface area contributed by atoms with Crippen molar-refractivity contribution in [1.82, 2.24) is 15.5 Å². The van der Waals surface area contributed by atoms with E-state index in [9.17, 15) is 4.79 Å². The van der Waals surface area contributed by atoms with Crippen molar-refractivity contribution in [3.8, 4) is 0 Å². The highest BCUT2D eigenvalue weighted by Gasteiger charge is 2.21. The van der Waals surface area contributed by atoms with E-state index < -0.39 is 0 Å². The Labute approximate surface area is 157 Å². The van der Waals surface area contributed by atoms with Gasteiger partial charge < -0.3 is 10.6 Å². The van der Waals surface area contributed by atoms with E-state index in [1.54, 1.807) is 0 Å². The maximum atomic E-state index is 12.3. The Morgan fingerprint density at radius 1 is 1.36 bits per heavy atom. The summed E-state index contributed by atoms with van der Waals surface area (Å²) >= 11 is 2.96. The van der Waals surface area contributed by atoms with Crippen molar-refractivity contribution < 1.29 is 4.79 Å². The molecule has 0 radical (unpaired) electrons. The number of carbonyl (C=O) groups excluding carboxylic acids is 1. The molecule has 7 heteroatoms. The number of aromatic nitrogens is 2. The summed E-state index contributed by atoms with van der Waals surface area (Å²) in [4.78, 5) is 12.3. The van der Waals surface area contributed by atoms with Gasteiger partial charge in [0.1, 0.15) is 0 Å². The Kier molecular flexibility index (Phi) is 6.69. The number of carbonyl (C=O) groups is 1. The Morgan fingerprint density at radius 2 is 2.24 bits per heavy atom. The zero-order chi connectivity index (χ0) is 17.5. The van der Waals surface area contributed by atoms with Gasteiger partial charge >= 0.3 is 0 Å². The fourth-order valence-electron chi connectivity index (χ4n) is 2.98. The van der Waals surface area contributed by atoms with Gasteiger partial charge in [-0.3, -0.25) is 4.79 Å². The minimum atomic E-state index is 0.0578. The molecule has 0 unspecified atom stereocenters. The van der Waals surface area contributed by atoms with Crippen molar-refractivity contribution in [2.75, 3.05) is 17.6 Å². The average Bonchev–Trinajstić information content (AvgIpc) is 3.08. The van der Waals surface area contributed by atoms with Crippen LogP contribution in [-0.2, 0) is 11.2 Å². The van der Waals surface area contributed by atoms with Gasteiger partial charge in [0.05, 0.1) is 11.8 Å². The smallest absolute Gasteiger partial charge is 0.230 e. The lowest BCUT2D eigenvalue weighted by Crippen LogP contribution is -2.32. The van der Waals surface area contributed by atoms with Crippen LogP contribution in [0.2, 0.25) is 0 Å². The quantitative estimate of drug-likeness (QED) is 0.538. The second-order valence-corrected chi connectivity index (χ2v) is 8.35. The summed E-state index contributed by atoms with van der Waals surface area (Å²) in [6.07, 6.45) is 5.51. The second kappa shape index (κ2) is 9.20. The Bertz CT molecular complexity index is 704. The molecule has 0 fully saturated rings. The van der Waals surface area contributed by atoms with Crippen LogP contribution in [0.3, 0.4) is 0 Å². The normalized spacial score (nSPS) is 16.3. The summed E-state index contributed by atoms with van der Waals surface area (Å²) in [6.45, 7) is 3.07. The first kappa shape index (κ1) is 18.2. The Hall–Kier alpha value is -1.60. The Morgan fingerprint density at radius 3 is 3.12 bits per heavy atom. The third-order valence-electron chi connectivity index (χ3n) is 4.24. The molecule has 1 atom stereocenters. The minimum Gasteiger partial charge on any atom is -0.360 e. The summed E-state index contributed by atoms with van der Waals surface area (Å²) in [5, 5.41) is 15.5. The molecule has 0 bridgehead atoms. The van der Waals surface area contributed by atoms with E-state index in [-0.39, 0.29) is 11.9 Å². The highest BCUT2D eigenvalue weighted by Crippen LogP contribution is 2.30. The lowest BCUT2D eigenvalue weighted by molar-refractivity contribution is -0.119. The molecule has 5 nitrogen and oxygen atoms in total. The molecule has 1 aromatic carbocycles. The highest BCUT2D eigenvalue weighted by molar-refractivity contribution is 8.01. The lowest BCUT2D eigenvalue weighted by atomic mass is 9.88. The number of nitrogens with zero attached hydrogens (tertiary/aromatic N) is 2. The molecule has 1 heterocycles. The third kappa shape index (κ3) is 5.19. The van der Waals surface area contributed by atoms with Crippen LogP contribution in [0.4, 0.5) is 5.13 Å². The van der Waals surface area contributed by atoms with Crippen LogP contribution in [0.25, 0.3) is 0 Å². The van der Waals surface area contributed by atoms with Crippen LogP contribution >= 0.6 is 23.1 Å². The van der Waals surface area contributed by atoms with Crippen molar-refractivity contribution in [3.63, 3.8) is 0 Å². The van der Waals surface area contributed by atoms with Gasteiger partial charge in [-0.1, -0.05) is 60.7 Å². The zero-order valence-corrected chi connectivity index (χ0v) is 16.1. The van der Waals surface area contributed by atoms with E-state index in [1.165, 1.54) is 34.2 Å². The predicted octanol–water partition coefficient (Wildman–Crippen LogP) is 4.04. The number of amides is 1. The standard InChI is InChI=1S/C18H24N4OS2/c1-2-3-11-19-17-21-22-18(25-17)24-12-16(23)20-15-10-6-8-13-7-4-5-9-14(13)15/h4-5,7,9,15H,2-3,6,8,10-12H2,1H3,(H,19,21)(H,20,23)/t15-/m0/s1. The number of thioether (sulfide) groups is 1. The first-order valence-electron chi connectivity index (χ1n) is 8.83. The van der Waals surface area contributed by atoms with E-state index in [0.717, 1.165) is 48.1 Å². The summed E-state index contributed by atoms with van der Waals surface area (Å²) < 4.78 is 0.832. The maximum absolute atomic E-state index is 12.3. The number of fused-ring (bicyclic) bond motifs is 1. The number of rotatable bonds is 8. The van der Waals surface area contributed by atoms with Gasteiger partial charge in [-0.05, 0) is 36.8 Å². The van der Waals surface area contributed by atoms with E-state index in [4.69, 9.17) is 0 Å². The fourth-order valence-corrected chi connectivity index (χ4v) is 4.57. The molecular formula is C18H24N4OS2. The molecular weight excluding hydrogens is 352 g/mol. The van der Waals surface area contributed by atoms with Crippen LogP contribution in [0.5, 0.6) is 0 Å². The van der Waals surface area contributed by atoms with Gasteiger partial charge in [0.15, 0.2) is 4.34 Å². The molecule has 1 amide bonds. The summed E-state index contributed by atoms with van der Waals surface area (Å²) in [5.74, 6) is 0.435. The van der Waals surface area contributed by atoms with Crippen LogP contribution in [0.1, 0.15) is 49.8 Å². The Balaban J connectivity index is 1.47. The number of unbranched alkanes of at least 4 members (excludes halogenated alkanes) is 1. The zero-order valence-electron chi connectivity index (χ0n) is 14.5. The number of hydrogen-bond acceptors (Lipinski definition) is 6. The van der Waals surface area contributed by atoms with Crippen LogP contribution in [0, 0.1) is 0 Å². The molecule has 2 N–H and O–H groups in total. The van der Waals surface area contributed by atoms with Crippen molar-refractivity contribution in [1.29, 1.82) is 0 Å². The van der Waals surface area contributed by atoms with Crippen molar-refractivity contribution >= 4 is 34.1 Å². The molecule has 134 valence electrons. The molecule has 25 heavy (non-hydrogen) atoms. The van der Waals surface area contributed by atoms with E-state index in [1.807, 2.05) is 6.07 Å². The monoisotopic (exact) mass is 376 g/mol. The molecule has 0 saturated carbocycles. The van der Waals surface area contributed by atoms with E-state index >= 15 is 0 Å². The molecule has 2 aromatic rings. The first-order valence-corrected chi connectivity index (χ1v) is 10.6. The number of hydrogen-bond donors (Lipinski definition) is 2. The van der Waals surface area contributed by atoms with Gasteiger partial charge in [-0.25, -0.2) is 0 Å². The molecule has 1 aliphatic rings. The highest BCUT2D eigenvalue weighted by atomic mass is 32.2. The first-order chi connectivity index (χ1) is 12.3. The van der Waals surface area contributed by atoms with Crippen LogP contribution in [0.15, 0.2) is 28.6 Å². The number of aryl methyl sites for hydroxylation is 1. The molecule has 0 spiro atoms. The largest absolute Gasteiger partial charge is 0.360 e. The number of benzene rings is 1. The molecule has 3 rings (SSSR count). The topological polar surface area (TPSA) is 66.9 Å². The fraction of sp³-hybridized carbons (Fsp3) is 0.500. The molecule has 1 aliphatic carbocycles. The van der Waals surface area contributed by atoms with Crippen molar-refractivity contribution in [2.45, 2.75) is 49.4 Å². The van der Waals surface area contributed by atoms with Crippen molar-refractivity contribution in [3.05, 3.63) is 35.4 Å². The predicted molar refractivity (Wildman–Crippen MR) is 104 cm³/mol. The summed E-state index contributed by atoms with van der Waals surface area (Å²) in [5.41, 5.74) is 2.63. The minimum absolute atomic E-state index is 0.0578. The van der Waals surface area contributed by atoms with E-state index in [0.29, 0.717) is 5.75 Å². The van der Waals surface area contributed by atoms with E-state index in [2.05, 4.69) is 46.0 Å². The second-order valence-electron chi connectivity index (χ2n) is 6.15. The number of anilines is 1. The summed E-state index contributed by atoms with van der Waals surface area (Å²) in [6, 6.07) is 8.55. The van der Waals surface area contributed by atoms with Crippen LogP contribution < -0.4 is 10.6 Å². The number of nitrogens with one attached hydrogen (secondary N) is 2. The van der Waals surface area contributed by atoms with Gasteiger partial charge in [0, 0.05) is 6.54 Å². The van der Waals surface area contributed by atoms with Crippen LogP contribution in [-0.4, -0.2) is 28.4 Å². The van der Waals surface area contributed by atoms with Crippen molar-refractivity contribution in [2.24, 2.45) is 0 Å². The van der Waals surface area contributed by atoms with Gasteiger partial charge in [0.2, 0.25) is 11.0 Å². The summed E-state index contributed by atoms with van der Waals surface area (Å²) in [7, 11) is 0. The van der Waals surface area contributed by atoms with Gasteiger partial charge in [-0.2, -0.15) is 0 Å². The van der Waals surface area contributed by atoms with Gasteiger partial charge in [-0.15, -0.1) is 10.2 Å².